The normalized spacial score (nSPS) is 13.6. The van der Waals surface area contributed by atoms with Gasteiger partial charge in [-0.15, -0.1) is 0 Å². The monoisotopic (exact) mass is 188 g/mol. The zero-order chi connectivity index (χ0) is 10.1. The molecule has 1 atom stereocenters. The predicted molar refractivity (Wildman–Crippen MR) is 55.9 cm³/mol. The standard InChI is InChI=1S/C11H24O2/c1-5-12-8-7-11(10(3)4)9-13-6-2/h10-11H,5-9H2,1-4H3. The minimum Gasteiger partial charge on any atom is -0.382 e. The summed E-state index contributed by atoms with van der Waals surface area (Å²) in [5, 5.41) is 0. The van der Waals surface area contributed by atoms with E-state index < -0.39 is 0 Å². The average Bonchev–Trinajstić information content (AvgIpc) is 2.10. The molecule has 0 aliphatic heterocycles. The van der Waals surface area contributed by atoms with Gasteiger partial charge in [-0.2, -0.15) is 0 Å². The molecule has 0 aromatic heterocycles. The number of rotatable bonds is 8. The number of ether oxygens (including phenoxy) is 2. The topological polar surface area (TPSA) is 18.5 Å². The smallest absolute Gasteiger partial charge is 0.0497 e. The molecule has 0 aliphatic carbocycles. The van der Waals surface area contributed by atoms with Gasteiger partial charge in [-0.3, -0.25) is 0 Å². The lowest BCUT2D eigenvalue weighted by atomic mass is 9.94. The molecule has 1 unspecified atom stereocenters. The molecule has 0 fully saturated rings. The zero-order valence-electron chi connectivity index (χ0n) is 9.51. The van der Waals surface area contributed by atoms with Crippen molar-refractivity contribution in [3.05, 3.63) is 0 Å². The Morgan fingerprint density at radius 2 is 1.62 bits per heavy atom. The molecular weight excluding hydrogens is 164 g/mol. The van der Waals surface area contributed by atoms with Gasteiger partial charge in [-0.25, -0.2) is 0 Å². The number of hydrogen-bond donors (Lipinski definition) is 0. The van der Waals surface area contributed by atoms with Crippen LogP contribution in [0.4, 0.5) is 0 Å². The lowest BCUT2D eigenvalue weighted by Crippen LogP contribution is -2.18. The first kappa shape index (κ1) is 12.9. The fourth-order valence-corrected chi connectivity index (χ4v) is 1.26. The van der Waals surface area contributed by atoms with Crippen molar-refractivity contribution in [3.8, 4) is 0 Å². The van der Waals surface area contributed by atoms with Gasteiger partial charge in [0.2, 0.25) is 0 Å². The third-order valence-electron chi connectivity index (χ3n) is 2.32. The van der Waals surface area contributed by atoms with Crippen LogP contribution in [0.5, 0.6) is 0 Å². The largest absolute Gasteiger partial charge is 0.382 e. The van der Waals surface area contributed by atoms with E-state index >= 15 is 0 Å². The third-order valence-corrected chi connectivity index (χ3v) is 2.32. The van der Waals surface area contributed by atoms with E-state index in [1.54, 1.807) is 0 Å². The first-order chi connectivity index (χ1) is 6.22. The molecule has 0 saturated heterocycles. The van der Waals surface area contributed by atoms with E-state index in [0.717, 1.165) is 32.8 Å². The van der Waals surface area contributed by atoms with Gasteiger partial charge in [-0.1, -0.05) is 13.8 Å². The highest BCUT2D eigenvalue weighted by Gasteiger charge is 2.12. The molecule has 0 amide bonds. The van der Waals surface area contributed by atoms with Crippen LogP contribution in [0.25, 0.3) is 0 Å². The second-order valence-corrected chi connectivity index (χ2v) is 3.65. The van der Waals surface area contributed by atoms with Crippen LogP contribution in [-0.4, -0.2) is 26.4 Å². The van der Waals surface area contributed by atoms with E-state index in [9.17, 15) is 0 Å². The first-order valence-corrected chi connectivity index (χ1v) is 5.37. The molecule has 0 rings (SSSR count). The number of hydrogen-bond acceptors (Lipinski definition) is 2. The maximum atomic E-state index is 5.43. The van der Waals surface area contributed by atoms with Crippen LogP contribution in [0, 0.1) is 11.8 Å². The second kappa shape index (κ2) is 8.52. The summed E-state index contributed by atoms with van der Waals surface area (Å²) < 4.78 is 10.8. The Labute approximate surface area is 82.6 Å². The molecule has 0 radical (unpaired) electrons. The molecule has 2 nitrogen and oxygen atoms in total. The van der Waals surface area contributed by atoms with E-state index in [-0.39, 0.29) is 0 Å². The lowest BCUT2D eigenvalue weighted by Gasteiger charge is -2.20. The van der Waals surface area contributed by atoms with E-state index in [1.807, 2.05) is 13.8 Å². The van der Waals surface area contributed by atoms with Crippen molar-refractivity contribution in [2.75, 3.05) is 26.4 Å². The molecular formula is C11H24O2. The van der Waals surface area contributed by atoms with Crippen molar-refractivity contribution in [1.82, 2.24) is 0 Å². The van der Waals surface area contributed by atoms with Crippen molar-refractivity contribution in [1.29, 1.82) is 0 Å². The zero-order valence-corrected chi connectivity index (χ0v) is 9.51. The second-order valence-electron chi connectivity index (χ2n) is 3.65. The van der Waals surface area contributed by atoms with Crippen molar-refractivity contribution >= 4 is 0 Å². The van der Waals surface area contributed by atoms with Crippen molar-refractivity contribution < 1.29 is 9.47 Å². The van der Waals surface area contributed by atoms with Crippen molar-refractivity contribution in [2.45, 2.75) is 34.1 Å². The van der Waals surface area contributed by atoms with Crippen molar-refractivity contribution in [2.24, 2.45) is 11.8 Å². The van der Waals surface area contributed by atoms with E-state index in [4.69, 9.17) is 9.47 Å². The summed E-state index contributed by atoms with van der Waals surface area (Å²) in [7, 11) is 0. The Kier molecular flexibility index (Phi) is 8.46. The first-order valence-electron chi connectivity index (χ1n) is 5.37. The summed E-state index contributed by atoms with van der Waals surface area (Å²) in [6.07, 6.45) is 1.12. The molecule has 80 valence electrons. The third kappa shape index (κ3) is 7.03. The molecule has 0 aliphatic rings. The molecule has 0 saturated carbocycles. The quantitative estimate of drug-likeness (QED) is 0.545. The summed E-state index contributed by atoms with van der Waals surface area (Å²) in [5.41, 5.74) is 0. The SMILES string of the molecule is CCOCCC(COCC)C(C)C. The molecule has 0 N–H and O–H groups in total. The maximum Gasteiger partial charge on any atom is 0.0497 e. The lowest BCUT2D eigenvalue weighted by molar-refractivity contribution is 0.0631. The van der Waals surface area contributed by atoms with Gasteiger partial charge in [0, 0.05) is 26.4 Å². The average molecular weight is 188 g/mol. The molecule has 0 aromatic rings. The van der Waals surface area contributed by atoms with Gasteiger partial charge < -0.3 is 9.47 Å². The highest BCUT2D eigenvalue weighted by atomic mass is 16.5. The molecule has 0 bridgehead atoms. The molecule has 13 heavy (non-hydrogen) atoms. The van der Waals surface area contributed by atoms with Crippen LogP contribution in [0.1, 0.15) is 34.1 Å². The van der Waals surface area contributed by atoms with Gasteiger partial charge in [0.05, 0.1) is 0 Å². The van der Waals surface area contributed by atoms with E-state index in [2.05, 4.69) is 13.8 Å². The van der Waals surface area contributed by atoms with Crippen LogP contribution in [0.15, 0.2) is 0 Å². The summed E-state index contributed by atoms with van der Waals surface area (Å²) in [6.45, 7) is 11.9. The molecule has 2 heteroatoms. The van der Waals surface area contributed by atoms with Crippen LogP contribution < -0.4 is 0 Å². The van der Waals surface area contributed by atoms with Gasteiger partial charge in [0.15, 0.2) is 0 Å². The Morgan fingerprint density at radius 3 is 2.08 bits per heavy atom. The van der Waals surface area contributed by atoms with Gasteiger partial charge in [-0.05, 0) is 32.1 Å². The van der Waals surface area contributed by atoms with E-state index in [1.165, 1.54) is 0 Å². The van der Waals surface area contributed by atoms with E-state index in [0.29, 0.717) is 11.8 Å². The van der Waals surface area contributed by atoms with Gasteiger partial charge >= 0.3 is 0 Å². The minimum absolute atomic E-state index is 0.645. The maximum absolute atomic E-state index is 5.43. The predicted octanol–water partition coefficient (Wildman–Crippen LogP) is 2.72. The summed E-state index contributed by atoms with van der Waals surface area (Å²) in [6, 6.07) is 0. The van der Waals surface area contributed by atoms with Crippen LogP contribution in [0.2, 0.25) is 0 Å². The Morgan fingerprint density at radius 1 is 1.00 bits per heavy atom. The minimum atomic E-state index is 0.645. The van der Waals surface area contributed by atoms with Gasteiger partial charge in [0.1, 0.15) is 0 Å². The molecule has 0 spiro atoms. The van der Waals surface area contributed by atoms with Crippen molar-refractivity contribution in [3.63, 3.8) is 0 Å². The Hall–Kier alpha value is -0.0800. The summed E-state index contributed by atoms with van der Waals surface area (Å²) >= 11 is 0. The van der Waals surface area contributed by atoms with Crippen LogP contribution in [-0.2, 0) is 9.47 Å². The van der Waals surface area contributed by atoms with Gasteiger partial charge in [0.25, 0.3) is 0 Å². The Bertz CT molecular complexity index is 102. The Balaban J connectivity index is 3.54. The van der Waals surface area contributed by atoms with Crippen LogP contribution >= 0.6 is 0 Å². The summed E-state index contributed by atoms with van der Waals surface area (Å²) in [4.78, 5) is 0. The molecule has 0 heterocycles. The fraction of sp³-hybridized carbons (Fsp3) is 1.00. The van der Waals surface area contributed by atoms with Crippen LogP contribution in [0.3, 0.4) is 0 Å². The summed E-state index contributed by atoms with van der Waals surface area (Å²) in [5.74, 6) is 1.33. The highest BCUT2D eigenvalue weighted by molar-refractivity contribution is 4.61. The highest BCUT2D eigenvalue weighted by Crippen LogP contribution is 2.15. The fourth-order valence-electron chi connectivity index (χ4n) is 1.26. The molecule has 0 aromatic carbocycles.